The van der Waals surface area contributed by atoms with Crippen LogP contribution in [0.25, 0.3) is 0 Å². The maximum absolute atomic E-state index is 2.97. The van der Waals surface area contributed by atoms with Gasteiger partial charge in [-0.25, -0.2) is 0 Å². The quantitative estimate of drug-likeness (QED) is 0.0701. The number of nitrogens with zero attached hydrogens (tertiary/aromatic N) is 1. The summed E-state index contributed by atoms with van der Waals surface area (Å²) < 4.78 is 0. The van der Waals surface area contributed by atoms with Gasteiger partial charge in [0.1, 0.15) is 0 Å². The van der Waals surface area contributed by atoms with Crippen LogP contribution in [0.3, 0.4) is 0 Å². The van der Waals surface area contributed by atoms with E-state index in [4.69, 9.17) is 0 Å². The van der Waals surface area contributed by atoms with Crippen LogP contribution in [-0.2, 0) is 0 Å². The maximum Gasteiger partial charge on any atom is 0.0158 e. The van der Waals surface area contributed by atoms with Gasteiger partial charge in [-0.15, -0.1) is 0 Å². The largest absolute Gasteiger partial charge is 0.293 e. The number of unbranched alkanes of at least 4 members (excludes halogenated alkanes) is 25. The zero-order valence-electron chi connectivity index (χ0n) is 30.4. The molecule has 0 fully saturated rings. The molecular weight excluding hydrogens is 494 g/mol. The molecule has 248 valence electrons. The van der Waals surface area contributed by atoms with Crippen LogP contribution >= 0.6 is 0 Å². The minimum absolute atomic E-state index is 0.310. The van der Waals surface area contributed by atoms with Crippen LogP contribution in [0.4, 0.5) is 0 Å². The van der Waals surface area contributed by atoms with E-state index in [1.165, 1.54) is 199 Å². The van der Waals surface area contributed by atoms with Crippen molar-refractivity contribution in [1.82, 2.24) is 4.90 Å². The van der Waals surface area contributed by atoms with Gasteiger partial charge in [-0.2, -0.15) is 0 Å². The Kier molecular flexibility index (Phi) is 28.7. The molecule has 0 bridgehead atoms. The van der Waals surface area contributed by atoms with Crippen molar-refractivity contribution in [3.05, 3.63) is 0 Å². The van der Waals surface area contributed by atoms with E-state index in [0.717, 1.165) is 0 Å². The molecule has 0 aliphatic carbocycles. The molecule has 0 spiro atoms. The van der Waals surface area contributed by atoms with Crippen molar-refractivity contribution in [2.45, 2.75) is 252 Å². The molecule has 0 atom stereocenters. The van der Waals surface area contributed by atoms with E-state index >= 15 is 0 Å². The second-order valence-corrected chi connectivity index (χ2v) is 15.1. The predicted octanol–water partition coefficient (Wildman–Crippen LogP) is 14.6. The number of hydrogen-bond donors (Lipinski definition) is 0. The molecule has 0 aromatic carbocycles. The zero-order valence-corrected chi connectivity index (χ0v) is 30.4. The maximum atomic E-state index is 2.97. The summed E-state index contributed by atoms with van der Waals surface area (Å²) in [6, 6.07) is 0. The topological polar surface area (TPSA) is 3.24 Å². The molecule has 41 heavy (non-hydrogen) atoms. The van der Waals surface area contributed by atoms with Gasteiger partial charge >= 0.3 is 0 Å². The molecule has 0 aliphatic heterocycles. The molecule has 0 aromatic heterocycles. The van der Waals surface area contributed by atoms with Crippen molar-refractivity contribution in [2.24, 2.45) is 0 Å². The summed E-state index contributed by atoms with van der Waals surface area (Å²) in [5, 5.41) is 0. The number of rotatable bonds is 33. The Labute approximate surface area is 263 Å². The Balaban J connectivity index is 4.46. The predicted molar refractivity (Wildman–Crippen MR) is 190 cm³/mol. The lowest BCUT2D eigenvalue weighted by Crippen LogP contribution is -2.55. The first-order valence-electron chi connectivity index (χ1n) is 19.6. The fourth-order valence-corrected chi connectivity index (χ4v) is 7.19. The lowest BCUT2D eigenvalue weighted by molar-refractivity contribution is 0.00151. The van der Waals surface area contributed by atoms with Gasteiger partial charge in [-0.3, -0.25) is 4.90 Å². The van der Waals surface area contributed by atoms with E-state index in [9.17, 15) is 0 Å². The third-order valence-electron chi connectivity index (χ3n) is 9.98. The molecule has 0 saturated heterocycles. The van der Waals surface area contributed by atoms with Crippen molar-refractivity contribution in [1.29, 1.82) is 0 Å². The molecule has 0 radical (unpaired) electrons. The lowest BCUT2D eigenvalue weighted by atomic mass is 9.85. The average molecular weight is 578 g/mol. The first-order valence-corrected chi connectivity index (χ1v) is 19.6. The fourth-order valence-electron chi connectivity index (χ4n) is 7.19. The fraction of sp³-hybridized carbons (Fsp3) is 1.00. The summed E-state index contributed by atoms with van der Waals surface area (Å²) in [4.78, 5) is 2.97. The van der Waals surface area contributed by atoms with Gasteiger partial charge < -0.3 is 0 Å². The molecule has 0 amide bonds. The molecule has 1 heteroatoms. The Morgan fingerprint density at radius 1 is 0.293 bits per heavy atom. The van der Waals surface area contributed by atoms with Crippen LogP contribution in [0.5, 0.6) is 0 Å². The van der Waals surface area contributed by atoms with Crippen molar-refractivity contribution in [2.75, 3.05) is 6.54 Å². The summed E-state index contributed by atoms with van der Waals surface area (Å²) in [5.74, 6) is 0. The highest BCUT2D eigenvalue weighted by atomic mass is 15.2. The molecule has 0 unspecified atom stereocenters. The van der Waals surface area contributed by atoms with Gasteiger partial charge in [-0.05, 0) is 53.5 Å². The van der Waals surface area contributed by atoms with Crippen molar-refractivity contribution < 1.29 is 0 Å². The van der Waals surface area contributed by atoms with E-state index in [1.54, 1.807) is 0 Å². The highest BCUT2D eigenvalue weighted by molar-refractivity contribution is 4.92. The summed E-state index contributed by atoms with van der Waals surface area (Å²) in [6.07, 6.45) is 42.9. The minimum Gasteiger partial charge on any atom is -0.293 e. The molecular formula is C40H83N. The lowest BCUT2D eigenvalue weighted by Gasteiger charge is -2.49. The first kappa shape index (κ1) is 41.0. The van der Waals surface area contributed by atoms with Gasteiger partial charge in [-0.1, -0.05) is 194 Å². The van der Waals surface area contributed by atoms with Crippen molar-refractivity contribution >= 4 is 0 Å². The van der Waals surface area contributed by atoms with Crippen LogP contribution in [0.1, 0.15) is 241 Å². The van der Waals surface area contributed by atoms with Gasteiger partial charge in [0.15, 0.2) is 0 Å². The van der Waals surface area contributed by atoms with Crippen LogP contribution in [-0.4, -0.2) is 22.5 Å². The Bertz CT molecular complexity index is 477. The average Bonchev–Trinajstić information content (AvgIpc) is 2.93. The molecule has 0 saturated carbocycles. The number of hydrogen-bond acceptors (Lipinski definition) is 1. The Hall–Kier alpha value is -0.0400. The van der Waals surface area contributed by atoms with Crippen LogP contribution in [0.15, 0.2) is 0 Å². The second-order valence-electron chi connectivity index (χ2n) is 15.1. The SMILES string of the molecule is CCCCCCCCCCCCCCCCN(C(C)(C)CCCCCCCCC)C(C)(C)CCCCCCCCC. The van der Waals surface area contributed by atoms with Crippen LogP contribution < -0.4 is 0 Å². The van der Waals surface area contributed by atoms with Crippen LogP contribution in [0.2, 0.25) is 0 Å². The third-order valence-corrected chi connectivity index (χ3v) is 9.98. The van der Waals surface area contributed by atoms with E-state index in [1.807, 2.05) is 0 Å². The van der Waals surface area contributed by atoms with Gasteiger partial charge in [0, 0.05) is 11.1 Å². The molecule has 0 heterocycles. The van der Waals surface area contributed by atoms with E-state index in [0.29, 0.717) is 11.1 Å². The van der Waals surface area contributed by atoms with E-state index in [2.05, 4.69) is 53.4 Å². The van der Waals surface area contributed by atoms with E-state index < -0.39 is 0 Å². The van der Waals surface area contributed by atoms with E-state index in [-0.39, 0.29) is 0 Å². The molecule has 0 rings (SSSR count). The highest BCUT2D eigenvalue weighted by Crippen LogP contribution is 2.34. The highest BCUT2D eigenvalue weighted by Gasteiger charge is 2.36. The second kappa shape index (κ2) is 28.7. The summed E-state index contributed by atoms with van der Waals surface area (Å²) >= 11 is 0. The molecule has 0 aliphatic rings. The minimum atomic E-state index is 0.310. The normalized spacial score (nSPS) is 12.6. The third kappa shape index (κ3) is 25.0. The summed E-state index contributed by atoms with van der Waals surface area (Å²) in [5.41, 5.74) is 0.620. The monoisotopic (exact) mass is 578 g/mol. The molecule has 0 N–H and O–H groups in total. The van der Waals surface area contributed by atoms with Gasteiger partial charge in [0.25, 0.3) is 0 Å². The summed E-state index contributed by atoms with van der Waals surface area (Å²) in [7, 11) is 0. The summed E-state index contributed by atoms with van der Waals surface area (Å²) in [6.45, 7) is 18.5. The first-order chi connectivity index (χ1) is 19.8. The Morgan fingerprint density at radius 2 is 0.512 bits per heavy atom. The van der Waals surface area contributed by atoms with Crippen LogP contribution in [0, 0.1) is 0 Å². The van der Waals surface area contributed by atoms with Crippen molar-refractivity contribution in [3.8, 4) is 0 Å². The standard InChI is InChI=1S/C40H83N/c1-8-11-14-17-20-21-22-23-24-25-26-29-32-35-38-41(39(4,5)36-33-30-27-18-15-12-9-2)40(6,7)37-34-31-28-19-16-13-10-3/h8-38H2,1-7H3. The Morgan fingerprint density at radius 3 is 0.780 bits per heavy atom. The molecule has 0 aromatic rings. The zero-order chi connectivity index (χ0) is 30.5. The van der Waals surface area contributed by atoms with Gasteiger partial charge in [0.2, 0.25) is 0 Å². The smallest absolute Gasteiger partial charge is 0.0158 e. The van der Waals surface area contributed by atoms with Crippen molar-refractivity contribution in [3.63, 3.8) is 0 Å². The van der Waals surface area contributed by atoms with Gasteiger partial charge in [0.05, 0.1) is 0 Å². The molecule has 1 nitrogen and oxygen atoms in total.